The summed E-state index contributed by atoms with van der Waals surface area (Å²) in [4.78, 5) is 0. The molecular weight excluding hydrogens is 523 g/mol. The lowest BCUT2D eigenvalue weighted by Crippen LogP contribution is -2.34. The van der Waals surface area contributed by atoms with Gasteiger partial charge in [0, 0.05) is 41.8 Å². The van der Waals surface area contributed by atoms with Crippen molar-refractivity contribution >= 4 is 53.8 Å². The normalized spacial score (nSPS) is 15.2. The predicted octanol–water partition coefficient (Wildman–Crippen LogP) is 6.44. The summed E-state index contributed by atoms with van der Waals surface area (Å²) in [5.41, 5.74) is 5.62. The molecule has 2 aromatic carbocycles. The number of halogens is 2. The second-order valence-electron chi connectivity index (χ2n) is 8.09. The summed E-state index contributed by atoms with van der Waals surface area (Å²) < 4.78 is 44.3. The van der Waals surface area contributed by atoms with Gasteiger partial charge < -0.3 is 4.57 Å². The molecule has 0 N–H and O–H groups in total. The Morgan fingerprint density at radius 1 is 1.06 bits per heavy atom. The van der Waals surface area contributed by atoms with E-state index < -0.39 is 10.0 Å². The summed E-state index contributed by atoms with van der Waals surface area (Å²) in [6.07, 6.45) is 2.69. The van der Waals surface area contributed by atoms with Crippen LogP contribution in [-0.4, -0.2) is 30.4 Å². The number of rotatable bonds is 5. The van der Waals surface area contributed by atoms with Crippen LogP contribution in [0.4, 0.5) is 4.39 Å². The van der Waals surface area contributed by atoms with Crippen molar-refractivity contribution in [1.82, 2.24) is 8.87 Å². The van der Waals surface area contributed by atoms with Gasteiger partial charge in [0.05, 0.1) is 3.79 Å². The van der Waals surface area contributed by atoms with Crippen molar-refractivity contribution in [3.05, 3.63) is 93.2 Å². The lowest BCUT2D eigenvalue weighted by Gasteiger charge is -2.25. The Balaban J connectivity index is 1.49. The smallest absolute Gasteiger partial charge is 0.252 e. The van der Waals surface area contributed by atoms with Crippen molar-refractivity contribution < 1.29 is 12.8 Å². The van der Waals surface area contributed by atoms with Crippen LogP contribution >= 0.6 is 27.3 Å². The van der Waals surface area contributed by atoms with E-state index in [9.17, 15) is 12.8 Å². The van der Waals surface area contributed by atoms with Crippen molar-refractivity contribution in [2.45, 2.75) is 24.1 Å². The molecule has 0 atom stereocenters. The Labute approximate surface area is 205 Å². The van der Waals surface area contributed by atoms with Crippen LogP contribution in [0, 0.1) is 12.7 Å². The van der Waals surface area contributed by atoms with Crippen LogP contribution in [-0.2, 0) is 16.6 Å². The summed E-state index contributed by atoms with van der Waals surface area (Å²) in [7, 11) is -3.50. The first-order chi connectivity index (χ1) is 15.8. The van der Waals surface area contributed by atoms with E-state index >= 15 is 0 Å². The van der Waals surface area contributed by atoms with Crippen LogP contribution in [0.25, 0.3) is 16.5 Å². The van der Waals surface area contributed by atoms with Crippen LogP contribution in [0.15, 0.2) is 74.7 Å². The molecule has 2 aromatic heterocycles. The molecule has 0 fully saturated rings. The fourth-order valence-electron chi connectivity index (χ4n) is 4.47. The first kappa shape index (κ1) is 22.5. The summed E-state index contributed by atoms with van der Waals surface area (Å²) in [6.45, 7) is 3.55. The molecule has 3 heterocycles. The van der Waals surface area contributed by atoms with Gasteiger partial charge in [-0.05, 0) is 70.7 Å². The maximum Gasteiger partial charge on any atom is 0.252 e. The van der Waals surface area contributed by atoms with E-state index in [2.05, 4.69) is 39.6 Å². The van der Waals surface area contributed by atoms with Gasteiger partial charge in [-0.1, -0.05) is 36.4 Å². The predicted molar refractivity (Wildman–Crippen MR) is 136 cm³/mol. The molecule has 4 nitrogen and oxygen atoms in total. The minimum atomic E-state index is -3.50. The zero-order chi connectivity index (χ0) is 23.2. The largest absolute Gasteiger partial charge is 0.340 e. The first-order valence-electron chi connectivity index (χ1n) is 10.6. The van der Waals surface area contributed by atoms with Crippen LogP contribution in [0.2, 0.25) is 0 Å². The van der Waals surface area contributed by atoms with Crippen molar-refractivity contribution in [2.75, 3.05) is 13.1 Å². The Morgan fingerprint density at radius 2 is 1.82 bits per heavy atom. The van der Waals surface area contributed by atoms with Gasteiger partial charge in [0.15, 0.2) is 0 Å². The number of aromatic nitrogens is 1. The highest BCUT2D eigenvalue weighted by Gasteiger charge is 2.29. The average molecular weight is 545 g/mol. The Kier molecular flexibility index (Phi) is 6.03. The van der Waals surface area contributed by atoms with E-state index in [1.807, 2.05) is 30.3 Å². The molecule has 33 heavy (non-hydrogen) atoms. The molecule has 1 aliphatic heterocycles. The highest BCUT2D eigenvalue weighted by atomic mass is 79.9. The summed E-state index contributed by atoms with van der Waals surface area (Å²) in [6, 6.07) is 18.3. The summed E-state index contributed by atoms with van der Waals surface area (Å²) in [5, 5.41) is 1.15. The number of hydrogen-bond acceptors (Lipinski definition) is 3. The molecule has 0 saturated heterocycles. The van der Waals surface area contributed by atoms with Crippen LogP contribution in [0.3, 0.4) is 0 Å². The fraction of sp³-hybridized carbons (Fsp3) is 0.200. The highest BCUT2D eigenvalue weighted by molar-refractivity contribution is 9.11. The third-order valence-electron chi connectivity index (χ3n) is 6.12. The van der Waals surface area contributed by atoms with E-state index in [-0.39, 0.29) is 5.82 Å². The quantitative estimate of drug-likeness (QED) is 0.290. The van der Waals surface area contributed by atoms with Gasteiger partial charge in [-0.2, -0.15) is 4.31 Å². The van der Waals surface area contributed by atoms with Crippen molar-refractivity contribution in [1.29, 1.82) is 0 Å². The number of thiophene rings is 1. The summed E-state index contributed by atoms with van der Waals surface area (Å²) in [5.74, 6) is -0.240. The second kappa shape index (κ2) is 8.83. The Bertz CT molecular complexity index is 1470. The maximum absolute atomic E-state index is 13.4. The SMILES string of the molecule is Cc1c(C2=CCN(S(=O)(=O)c3ccc(Br)s3)CC2)c2ccccc2n1Cc1ccc(F)cc1. The molecule has 0 amide bonds. The van der Waals surface area contributed by atoms with E-state index in [4.69, 9.17) is 0 Å². The highest BCUT2D eigenvalue weighted by Crippen LogP contribution is 2.36. The number of sulfonamides is 1. The molecule has 0 saturated carbocycles. The van der Waals surface area contributed by atoms with Crippen molar-refractivity contribution in [2.24, 2.45) is 0 Å². The molecule has 0 spiro atoms. The van der Waals surface area contributed by atoms with Gasteiger partial charge in [0.1, 0.15) is 10.0 Å². The van der Waals surface area contributed by atoms with Gasteiger partial charge in [0.25, 0.3) is 10.0 Å². The van der Waals surface area contributed by atoms with Crippen LogP contribution in [0.1, 0.15) is 23.2 Å². The van der Waals surface area contributed by atoms with E-state index in [1.165, 1.54) is 34.6 Å². The average Bonchev–Trinajstić information content (AvgIpc) is 3.37. The molecule has 0 bridgehead atoms. The monoisotopic (exact) mass is 544 g/mol. The van der Waals surface area contributed by atoms with E-state index in [0.717, 1.165) is 25.9 Å². The zero-order valence-electron chi connectivity index (χ0n) is 18.0. The lowest BCUT2D eigenvalue weighted by atomic mass is 9.97. The molecule has 170 valence electrons. The van der Waals surface area contributed by atoms with E-state index in [1.54, 1.807) is 16.4 Å². The minimum absolute atomic E-state index is 0.240. The first-order valence-corrected chi connectivity index (χ1v) is 13.7. The molecule has 0 aliphatic carbocycles. The molecular formula is C25H22BrFN2O2S2. The van der Waals surface area contributed by atoms with Crippen molar-refractivity contribution in [3.8, 4) is 0 Å². The minimum Gasteiger partial charge on any atom is -0.340 e. The standard InChI is InChI=1S/C25H22BrFN2O2S2/c1-17-25(19-12-14-28(15-13-19)33(30,31)24-11-10-23(26)32-24)21-4-2-3-5-22(21)29(17)16-18-6-8-20(27)9-7-18/h2-12H,13-16H2,1H3. The van der Waals surface area contributed by atoms with Gasteiger partial charge >= 0.3 is 0 Å². The van der Waals surface area contributed by atoms with Crippen molar-refractivity contribution in [3.63, 3.8) is 0 Å². The summed E-state index contributed by atoms with van der Waals surface area (Å²) >= 11 is 4.59. The number of hydrogen-bond donors (Lipinski definition) is 0. The second-order valence-corrected chi connectivity index (χ2v) is 12.7. The number of benzene rings is 2. The van der Waals surface area contributed by atoms with Crippen LogP contribution in [0.5, 0.6) is 0 Å². The third kappa shape index (κ3) is 4.21. The van der Waals surface area contributed by atoms with Crippen LogP contribution < -0.4 is 0 Å². The topological polar surface area (TPSA) is 42.3 Å². The Hall–Kier alpha value is -2.26. The number of para-hydroxylation sites is 1. The molecule has 8 heteroatoms. The molecule has 1 aliphatic rings. The van der Waals surface area contributed by atoms with Gasteiger partial charge in [-0.3, -0.25) is 0 Å². The molecule has 0 unspecified atom stereocenters. The van der Waals surface area contributed by atoms with Gasteiger partial charge in [-0.15, -0.1) is 11.3 Å². The van der Waals surface area contributed by atoms with Gasteiger partial charge in [0.2, 0.25) is 0 Å². The maximum atomic E-state index is 13.4. The fourth-order valence-corrected chi connectivity index (χ4v) is 8.02. The molecule has 4 aromatic rings. The number of fused-ring (bicyclic) bond motifs is 1. The van der Waals surface area contributed by atoms with Gasteiger partial charge in [-0.25, -0.2) is 12.8 Å². The zero-order valence-corrected chi connectivity index (χ0v) is 21.2. The molecule has 0 radical (unpaired) electrons. The number of nitrogens with zero attached hydrogens (tertiary/aromatic N) is 2. The van der Waals surface area contributed by atoms with E-state index in [0.29, 0.717) is 30.3 Å². The lowest BCUT2D eigenvalue weighted by molar-refractivity contribution is 0.442. The Morgan fingerprint density at radius 3 is 2.48 bits per heavy atom. The molecule has 5 rings (SSSR count). The third-order valence-corrected chi connectivity index (χ3v) is 10.1.